The summed E-state index contributed by atoms with van der Waals surface area (Å²) in [7, 11) is 0. The van der Waals surface area contributed by atoms with Crippen LogP contribution in [0.3, 0.4) is 0 Å². The Morgan fingerprint density at radius 2 is 1.84 bits per heavy atom. The predicted molar refractivity (Wildman–Crippen MR) is 148 cm³/mol. The lowest BCUT2D eigenvalue weighted by Gasteiger charge is -2.55. The van der Waals surface area contributed by atoms with Crippen molar-refractivity contribution in [1.82, 2.24) is 15.1 Å². The molecule has 3 atom stereocenters. The number of hydrogen-bond acceptors (Lipinski definition) is 7. The largest absolute Gasteiger partial charge is 0.459 e. The normalized spacial score (nSPS) is 31.3. The molecule has 0 aliphatic carbocycles. The number of nitrogens with one attached hydrogen (secondary N) is 1. The van der Waals surface area contributed by atoms with Gasteiger partial charge in [-0.15, -0.1) is 0 Å². The molecule has 0 saturated carbocycles. The van der Waals surface area contributed by atoms with Crippen LogP contribution < -0.4 is 5.32 Å². The highest BCUT2D eigenvalue weighted by molar-refractivity contribution is 5.76. The fraction of sp³-hybridized carbons (Fsp3) is 0.933. The second-order valence-corrected chi connectivity index (χ2v) is 13.5. The van der Waals surface area contributed by atoms with Gasteiger partial charge in [-0.3, -0.25) is 9.69 Å². The van der Waals surface area contributed by atoms with Crippen LogP contribution in [0, 0.1) is 11.8 Å². The van der Waals surface area contributed by atoms with E-state index in [1.165, 1.54) is 6.42 Å². The van der Waals surface area contributed by atoms with Gasteiger partial charge in [0.25, 0.3) is 0 Å². The fourth-order valence-corrected chi connectivity index (χ4v) is 7.08. The highest BCUT2D eigenvalue weighted by Crippen LogP contribution is 2.43. The van der Waals surface area contributed by atoms with Crippen molar-refractivity contribution >= 4 is 12.1 Å². The summed E-state index contributed by atoms with van der Waals surface area (Å²) in [6.07, 6.45) is 10.1. The van der Waals surface area contributed by atoms with Crippen LogP contribution in [0.4, 0.5) is 4.79 Å². The molecule has 4 heterocycles. The van der Waals surface area contributed by atoms with E-state index in [9.17, 15) is 9.59 Å². The number of carbonyl (C=O) groups excluding carboxylic acids is 2. The molecule has 1 amide bonds. The van der Waals surface area contributed by atoms with Gasteiger partial charge in [0.1, 0.15) is 17.2 Å². The van der Waals surface area contributed by atoms with Crippen molar-refractivity contribution in [2.45, 2.75) is 122 Å². The van der Waals surface area contributed by atoms with Gasteiger partial charge in [-0.1, -0.05) is 19.8 Å². The second kappa shape index (κ2) is 12.4. The van der Waals surface area contributed by atoms with E-state index in [0.29, 0.717) is 11.8 Å². The first-order valence-electron chi connectivity index (χ1n) is 15.3. The number of hydrogen-bond donors (Lipinski definition) is 1. The molecule has 4 aliphatic heterocycles. The molecule has 0 aromatic rings. The molecule has 0 aromatic heterocycles. The third kappa shape index (κ3) is 7.22. The molecule has 4 rings (SSSR count). The summed E-state index contributed by atoms with van der Waals surface area (Å²) in [5, 5.41) is 3.39. The quantitative estimate of drug-likeness (QED) is 0.449. The first-order valence-corrected chi connectivity index (χ1v) is 15.3. The molecule has 3 unspecified atom stereocenters. The van der Waals surface area contributed by atoms with E-state index < -0.39 is 5.60 Å². The molecular weight excluding hydrogens is 482 g/mol. The first-order chi connectivity index (χ1) is 18.0. The lowest BCUT2D eigenvalue weighted by atomic mass is 9.73. The van der Waals surface area contributed by atoms with E-state index in [4.69, 9.17) is 14.2 Å². The Bertz CT molecular complexity index is 800. The van der Waals surface area contributed by atoms with Gasteiger partial charge in [0, 0.05) is 63.7 Å². The van der Waals surface area contributed by atoms with Crippen molar-refractivity contribution in [3.8, 4) is 0 Å². The van der Waals surface area contributed by atoms with E-state index in [1.807, 2.05) is 25.7 Å². The minimum Gasteiger partial charge on any atom is -0.459 e. The van der Waals surface area contributed by atoms with Crippen molar-refractivity contribution in [2.24, 2.45) is 11.8 Å². The Labute approximate surface area is 230 Å². The summed E-state index contributed by atoms with van der Waals surface area (Å²) >= 11 is 0. The van der Waals surface area contributed by atoms with Gasteiger partial charge < -0.3 is 24.4 Å². The van der Waals surface area contributed by atoms with Gasteiger partial charge in [0.2, 0.25) is 0 Å². The third-order valence-corrected chi connectivity index (χ3v) is 9.55. The number of rotatable bonds is 8. The van der Waals surface area contributed by atoms with Gasteiger partial charge >= 0.3 is 12.1 Å². The number of piperidine rings is 2. The highest BCUT2D eigenvalue weighted by atomic mass is 16.6. The Morgan fingerprint density at radius 1 is 1.13 bits per heavy atom. The van der Waals surface area contributed by atoms with Crippen LogP contribution >= 0.6 is 0 Å². The van der Waals surface area contributed by atoms with Crippen LogP contribution in [0.5, 0.6) is 0 Å². The number of esters is 1. The Kier molecular flexibility index (Phi) is 9.68. The number of likely N-dealkylation sites (tertiary alicyclic amines) is 1. The van der Waals surface area contributed by atoms with Crippen LogP contribution in [0.15, 0.2) is 0 Å². The second-order valence-electron chi connectivity index (χ2n) is 13.5. The molecule has 4 fully saturated rings. The van der Waals surface area contributed by atoms with Crippen molar-refractivity contribution in [2.75, 3.05) is 45.9 Å². The highest BCUT2D eigenvalue weighted by Gasteiger charge is 2.52. The van der Waals surface area contributed by atoms with Gasteiger partial charge in [-0.25, -0.2) is 4.79 Å². The molecular formula is C30H53N3O5. The van der Waals surface area contributed by atoms with Crippen molar-refractivity contribution in [1.29, 1.82) is 0 Å². The van der Waals surface area contributed by atoms with Crippen LogP contribution in [0.25, 0.3) is 0 Å². The fourth-order valence-electron chi connectivity index (χ4n) is 7.08. The Morgan fingerprint density at radius 3 is 2.50 bits per heavy atom. The number of amides is 1. The van der Waals surface area contributed by atoms with E-state index in [0.717, 1.165) is 104 Å². The monoisotopic (exact) mass is 535 g/mol. The van der Waals surface area contributed by atoms with Crippen molar-refractivity contribution in [3.05, 3.63) is 0 Å². The molecule has 4 saturated heterocycles. The van der Waals surface area contributed by atoms with E-state index in [1.54, 1.807) is 0 Å². The Hall–Kier alpha value is -1.38. The average molecular weight is 536 g/mol. The number of nitrogens with zero attached hydrogens (tertiary/aromatic N) is 2. The molecule has 8 nitrogen and oxygen atoms in total. The summed E-state index contributed by atoms with van der Waals surface area (Å²) in [6, 6.07) is -0.280. The van der Waals surface area contributed by atoms with Crippen LogP contribution in [0.1, 0.15) is 98.8 Å². The molecule has 0 radical (unpaired) electrons. The molecule has 38 heavy (non-hydrogen) atoms. The average Bonchev–Trinajstić information content (AvgIpc) is 2.87. The summed E-state index contributed by atoms with van der Waals surface area (Å²) in [5.74, 6) is 0.880. The molecule has 8 heteroatoms. The van der Waals surface area contributed by atoms with Crippen LogP contribution in [0.2, 0.25) is 0 Å². The zero-order valence-electron chi connectivity index (χ0n) is 24.7. The maximum Gasteiger partial charge on any atom is 0.410 e. The van der Waals surface area contributed by atoms with E-state index in [-0.39, 0.29) is 29.2 Å². The minimum absolute atomic E-state index is 0.0677. The van der Waals surface area contributed by atoms with Gasteiger partial charge in [0.05, 0.1) is 0 Å². The molecule has 1 N–H and O–H groups in total. The predicted octanol–water partition coefficient (Wildman–Crippen LogP) is 4.75. The topological polar surface area (TPSA) is 80.3 Å². The number of unbranched alkanes of at least 4 members (excludes halogenated alkanes) is 1. The smallest absolute Gasteiger partial charge is 0.410 e. The maximum atomic E-state index is 13.2. The molecule has 0 bridgehead atoms. The number of carbonyl (C=O) groups is 2. The van der Waals surface area contributed by atoms with Crippen molar-refractivity contribution in [3.63, 3.8) is 0 Å². The zero-order chi connectivity index (χ0) is 27.4. The number of ether oxygens (including phenoxy) is 3. The lowest BCUT2D eigenvalue weighted by Crippen LogP contribution is -2.64. The molecule has 0 aromatic carbocycles. The lowest BCUT2D eigenvalue weighted by molar-refractivity contribution is -0.161. The summed E-state index contributed by atoms with van der Waals surface area (Å²) in [4.78, 5) is 30.6. The van der Waals surface area contributed by atoms with Gasteiger partial charge in [0.15, 0.2) is 0 Å². The van der Waals surface area contributed by atoms with Crippen LogP contribution in [-0.2, 0) is 19.0 Å². The molecule has 218 valence electrons. The third-order valence-electron chi connectivity index (χ3n) is 9.55. The minimum atomic E-state index is -0.485. The SMILES string of the molecule is CCCCC1CN(CCC2CCOCC2)C(=O)OC12CCN(C1(C)CCNC(C(=O)OC(C)(C)C)C1)CC2. The van der Waals surface area contributed by atoms with Gasteiger partial charge in [-0.05, 0) is 78.7 Å². The van der Waals surface area contributed by atoms with E-state index >= 15 is 0 Å². The van der Waals surface area contributed by atoms with E-state index in [2.05, 4.69) is 24.1 Å². The zero-order valence-corrected chi connectivity index (χ0v) is 24.7. The van der Waals surface area contributed by atoms with Crippen molar-refractivity contribution < 1.29 is 23.8 Å². The van der Waals surface area contributed by atoms with Gasteiger partial charge in [-0.2, -0.15) is 0 Å². The summed E-state index contributed by atoms with van der Waals surface area (Å²) in [6.45, 7) is 16.2. The molecule has 1 spiro atoms. The van der Waals surface area contributed by atoms with Crippen LogP contribution in [-0.4, -0.2) is 90.6 Å². The first kappa shape index (κ1) is 29.6. The Balaban J connectivity index is 1.37. The summed E-state index contributed by atoms with van der Waals surface area (Å²) < 4.78 is 17.6. The summed E-state index contributed by atoms with van der Waals surface area (Å²) in [5.41, 5.74) is -0.908. The maximum absolute atomic E-state index is 13.2. The molecule has 4 aliphatic rings. The standard InChI is InChI=1S/C30H53N3O5/c1-6-7-8-24-22-32(16-9-23-10-19-36-20-11-23)27(35)38-30(24)13-17-33(18-14-30)29(5)12-15-31-25(21-29)26(34)37-28(2,3)4/h23-25,31H,6-22H2,1-5H3.